The molecule has 49 heavy (non-hydrogen) atoms. The van der Waals surface area contributed by atoms with Gasteiger partial charge in [-0.3, -0.25) is 14.6 Å². The number of hydrogen-bond acceptors (Lipinski definition) is 9. The summed E-state index contributed by atoms with van der Waals surface area (Å²) < 4.78 is 24.4. The van der Waals surface area contributed by atoms with Crippen molar-refractivity contribution < 1.29 is 42.9 Å². The van der Waals surface area contributed by atoms with Crippen molar-refractivity contribution in [1.82, 2.24) is 9.80 Å². The Bertz CT molecular complexity index is 1730. The van der Waals surface area contributed by atoms with E-state index in [1.54, 1.807) is 97.9 Å². The highest BCUT2D eigenvalue weighted by molar-refractivity contribution is 6.00. The van der Waals surface area contributed by atoms with Crippen molar-refractivity contribution in [1.29, 1.82) is 0 Å². The first kappa shape index (κ1) is 33.9. The molecule has 2 aliphatic heterocycles. The summed E-state index contributed by atoms with van der Waals surface area (Å²) in [6, 6.07) is 23.6. The molecule has 0 N–H and O–H groups in total. The molecule has 6 atom stereocenters. The number of esters is 3. The maximum Gasteiger partial charge on any atom is 0.338 e. The highest BCUT2D eigenvalue weighted by Crippen LogP contribution is 2.64. The van der Waals surface area contributed by atoms with E-state index in [1.165, 1.54) is 9.80 Å². The molecule has 2 saturated heterocycles. The number of rotatable bonds is 9. The van der Waals surface area contributed by atoms with Crippen molar-refractivity contribution in [2.24, 2.45) is 16.7 Å². The molecule has 11 heteroatoms. The van der Waals surface area contributed by atoms with Crippen LogP contribution in [0.5, 0.6) is 0 Å². The molecule has 256 valence electrons. The molecule has 3 aromatic rings. The minimum atomic E-state index is -1.36. The first-order chi connectivity index (χ1) is 23.4. The molecule has 3 amide bonds. The van der Waals surface area contributed by atoms with E-state index in [0.717, 1.165) is 0 Å². The molecular weight excluding hydrogens is 628 g/mol. The second kappa shape index (κ2) is 13.1. The Kier molecular flexibility index (Phi) is 9.06. The highest BCUT2D eigenvalue weighted by Gasteiger charge is 2.73. The summed E-state index contributed by atoms with van der Waals surface area (Å²) >= 11 is 0. The number of carbonyl (C=O) groups excluding carboxylic acids is 5. The number of urea groups is 1. The van der Waals surface area contributed by atoms with E-state index in [2.05, 4.69) is 0 Å². The molecule has 0 bridgehead atoms. The van der Waals surface area contributed by atoms with Crippen molar-refractivity contribution in [3.8, 4) is 0 Å². The summed E-state index contributed by atoms with van der Waals surface area (Å²) in [7, 11) is 0. The Morgan fingerprint density at radius 3 is 1.65 bits per heavy atom. The van der Waals surface area contributed by atoms with Gasteiger partial charge in [0.25, 0.3) is 0 Å². The minimum Gasteiger partial charge on any atom is -0.459 e. The Hall–Kier alpha value is -5.03. The first-order valence-electron chi connectivity index (χ1n) is 16.4. The van der Waals surface area contributed by atoms with Crippen LogP contribution in [0.3, 0.4) is 0 Å². The van der Waals surface area contributed by atoms with Gasteiger partial charge < -0.3 is 18.9 Å². The van der Waals surface area contributed by atoms with Crippen LogP contribution in [-0.4, -0.2) is 83.4 Å². The van der Waals surface area contributed by atoms with Gasteiger partial charge in [0.2, 0.25) is 5.91 Å². The Morgan fingerprint density at radius 2 is 1.16 bits per heavy atom. The quantitative estimate of drug-likeness (QED) is 0.219. The van der Waals surface area contributed by atoms with Crippen LogP contribution >= 0.6 is 0 Å². The van der Waals surface area contributed by atoms with Crippen LogP contribution in [0.25, 0.3) is 0 Å². The molecule has 6 rings (SSSR count). The van der Waals surface area contributed by atoms with Crippen molar-refractivity contribution in [3.63, 3.8) is 0 Å². The first-order valence-corrected chi connectivity index (χ1v) is 16.4. The lowest BCUT2D eigenvalue weighted by molar-refractivity contribution is -0.230. The number of benzene rings is 3. The average molecular weight is 669 g/mol. The number of ether oxygens (including phenoxy) is 4. The fourth-order valence-corrected chi connectivity index (χ4v) is 7.21. The molecule has 1 aliphatic carbocycles. The fraction of sp³-hybridized carbons (Fsp3) is 0.395. The largest absolute Gasteiger partial charge is 0.459 e. The summed E-state index contributed by atoms with van der Waals surface area (Å²) in [5, 5.41) is 0. The van der Waals surface area contributed by atoms with Crippen LogP contribution in [0.2, 0.25) is 0 Å². The van der Waals surface area contributed by atoms with E-state index in [-0.39, 0.29) is 23.6 Å². The summed E-state index contributed by atoms with van der Waals surface area (Å²) in [4.78, 5) is 70.9. The van der Waals surface area contributed by atoms with Gasteiger partial charge in [0.1, 0.15) is 12.7 Å². The molecule has 3 fully saturated rings. The lowest BCUT2D eigenvalue weighted by Crippen LogP contribution is -2.80. The summed E-state index contributed by atoms with van der Waals surface area (Å²) in [6.45, 7) is 9.38. The van der Waals surface area contributed by atoms with Gasteiger partial charge in [-0.05, 0) is 54.2 Å². The van der Waals surface area contributed by atoms with Gasteiger partial charge in [-0.15, -0.1) is 0 Å². The fourth-order valence-electron chi connectivity index (χ4n) is 7.21. The predicted octanol–water partition coefficient (Wildman–Crippen LogP) is 5.35. The maximum absolute atomic E-state index is 14.3. The summed E-state index contributed by atoms with van der Waals surface area (Å²) in [5.41, 5.74) is -0.315. The van der Waals surface area contributed by atoms with Crippen LogP contribution in [0, 0.1) is 16.7 Å². The van der Waals surface area contributed by atoms with Gasteiger partial charge in [-0.25, -0.2) is 19.2 Å². The lowest BCUT2D eigenvalue weighted by Gasteiger charge is -2.69. The molecule has 3 aliphatic rings. The molecular formula is C38H40N2O9. The number of nitrogens with zero attached hydrogens (tertiary/aromatic N) is 2. The van der Waals surface area contributed by atoms with Crippen molar-refractivity contribution in [3.05, 3.63) is 108 Å². The smallest absolute Gasteiger partial charge is 0.338 e. The van der Waals surface area contributed by atoms with Crippen molar-refractivity contribution in [2.75, 3.05) is 13.2 Å². The van der Waals surface area contributed by atoms with E-state index in [1.807, 2.05) is 27.7 Å². The van der Waals surface area contributed by atoms with Gasteiger partial charge in [0.15, 0.2) is 18.4 Å². The summed E-state index contributed by atoms with van der Waals surface area (Å²) in [6.07, 6.45) is -5.14. The standard InChI is InChI=1S/C38H40N2O9/c1-6-39-31(41)27-30(38(4,5)37(27,2)3)40(36(39)45)32-29(49-35(44)25-20-14-9-15-21-25)28(48-34(43)24-18-12-8-13-19-24)26(47-32)22-46-33(42)23-16-10-7-11-17-23/h7-21,26-30,32H,6,22H2,1-5H3/t26-,27+,28-,29-,30+,32-/m1/s1. The van der Waals surface area contributed by atoms with Gasteiger partial charge in [0, 0.05) is 6.54 Å². The van der Waals surface area contributed by atoms with E-state index in [4.69, 9.17) is 18.9 Å². The van der Waals surface area contributed by atoms with E-state index < -0.39 is 77.9 Å². The molecule has 2 heterocycles. The monoisotopic (exact) mass is 668 g/mol. The molecule has 0 radical (unpaired) electrons. The predicted molar refractivity (Wildman–Crippen MR) is 176 cm³/mol. The van der Waals surface area contributed by atoms with E-state index in [0.29, 0.717) is 5.56 Å². The van der Waals surface area contributed by atoms with Gasteiger partial charge in [-0.1, -0.05) is 82.3 Å². The third-order valence-corrected chi connectivity index (χ3v) is 10.5. The molecule has 0 aromatic heterocycles. The van der Waals surface area contributed by atoms with Crippen molar-refractivity contribution >= 4 is 29.8 Å². The zero-order chi connectivity index (χ0) is 35.1. The lowest BCUT2D eigenvalue weighted by atomic mass is 9.42. The van der Waals surface area contributed by atoms with Gasteiger partial charge in [0.05, 0.1) is 28.7 Å². The van der Waals surface area contributed by atoms with Crippen LogP contribution in [-0.2, 0) is 23.7 Å². The molecule has 0 spiro atoms. The van der Waals surface area contributed by atoms with Crippen LogP contribution in [0.1, 0.15) is 65.7 Å². The van der Waals surface area contributed by atoms with Crippen molar-refractivity contribution in [2.45, 2.75) is 65.2 Å². The third kappa shape index (κ3) is 5.86. The van der Waals surface area contributed by atoms with E-state index >= 15 is 0 Å². The molecule has 0 unspecified atom stereocenters. The zero-order valence-electron chi connectivity index (χ0n) is 28.1. The average Bonchev–Trinajstić information content (AvgIpc) is 3.43. The number of hydrogen-bond donors (Lipinski definition) is 0. The number of fused-ring (bicyclic) bond motifs is 1. The zero-order valence-corrected chi connectivity index (χ0v) is 28.1. The van der Waals surface area contributed by atoms with Gasteiger partial charge in [-0.2, -0.15) is 0 Å². The van der Waals surface area contributed by atoms with E-state index in [9.17, 15) is 24.0 Å². The van der Waals surface area contributed by atoms with Gasteiger partial charge >= 0.3 is 23.9 Å². The number of imide groups is 1. The van der Waals surface area contributed by atoms with Crippen LogP contribution < -0.4 is 0 Å². The van der Waals surface area contributed by atoms with Crippen LogP contribution in [0.4, 0.5) is 4.79 Å². The Morgan fingerprint density at radius 1 is 0.694 bits per heavy atom. The second-order valence-corrected chi connectivity index (χ2v) is 13.6. The van der Waals surface area contributed by atoms with Crippen LogP contribution in [0.15, 0.2) is 91.0 Å². The normalized spacial score (nSPS) is 26.7. The summed E-state index contributed by atoms with van der Waals surface area (Å²) in [5.74, 6) is -2.96. The third-order valence-electron chi connectivity index (χ3n) is 10.5. The Labute approximate surface area is 285 Å². The SMILES string of the molecule is CCN1C(=O)[C@@H]2[C@H](N([C@@H]3O[C@H](COC(=O)c4ccccc4)[C@@H](OC(=O)c4ccccc4)[C@H]3OC(=O)c3ccccc3)C1=O)C(C)(C)C2(C)C. The molecule has 3 aromatic carbocycles. The highest BCUT2D eigenvalue weighted by atomic mass is 16.7. The molecule has 11 nitrogen and oxygen atoms in total. The maximum atomic E-state index is 14.3. The number of amides is 3. The Balaban J connectivity index is 1.41. The minimum absolute atomic E-state index is 0.111. The topological polar surface area (TPSA) is 129 Å². The molecule has 1 saturated carbocycles. The second-order valence-electron chi connectivity index (χ2n) is 13.6. The number of carbonyl (C=O) groups is 5.